The van der Waals surface area contributed by atoms with Gasteiger partial charge in [-0.05, 0) is 50.6 Å². The van der Waals surface area contributed by atoms with Gasteiger partial charge in [0.1, 0.15) is 5.75 Å². The topological polar surface area (TPSA) is 79.8 Å². The van der Waals surface area contributed by atoms with E-state index in [4.69, 9.17) is 4.74 Å². The second kappa shape index (κ2) is 7.87. The van der Waals surface area contributed by atoms with Crippen molar-refractivity contribution in [1.82, 2.24) is 9.88 Å². The molecule has 1 aromatic heterocycles. The van der Waals surface area contributed by atoms with E-state index in [2.05, 4.69) is 4.98 Å². The minimum absolute atomic E-state index is 0.147. The molecule has 3 heterocycles. The molecule has 32 heavy (non-hydrogen) atoms. The van der Waals surface area contributed by atoms with Crippen molar-refractivity contribution in [3.8, 4) is 17.0 Å². The summed E-state index contributed by atoms with van der Waals surface area (Å²) in [6.45, 7) is 4.28. The number of imide groups is 1. The number of aromatic nitrogens is 1. The molecule has 2 aromatic carbocycles. The molecule has 0 spiro atoms. The highest BCUT2D eigenvalue weighted by atomic mass is 32.1. The maximum absolute atomic E-state index is 12.9. The average Bonchev–Trinajstić information content (AvgIpc) is 3.33. The molecule has 2 aliphatic heterocycles. The summed E-state index contributed by atoms with van der Waals surface area (Å²) in [6.07, 6.45) is -0.141. The van der Waals surface area contributed by atoms with Gasteiger partial charge in [-0.15, -0.1) is 11.3 Å². The number of carbonyl (C=O) groups is 3. The lowest BCUT2D eigenvalue weighted by atomic mass is 10.1. The van der Waals surface area contributed by atoms with Gasteiger partial charge in [0, 0.05) is 24.0 Å². The first-order chi connectivity index (χ1) is 15.4. The van der Waals surface area contributed by atoms with Crippen molar-refractivity contribution in [1.29, 1.82) is 0 Å². The minimum atomic E-state index is -0.603. The molecule has 3 aromatic rings. The van der Waals surface area contributed by atoms with Gasteiger partial charge < -0.3 is 9.64 Å². The Labute approximate surface area is 189 Å². The molecular formula is C24H21N3O4S. The predicted octanol–water partition coefficient (Wildman–Crippen LogP) is 3.92. The third-order valence-electron chi connectivity index (χ3n) is 5.72. The van der Waals surface area contributed by atoms with E-state index in [1.54, 1.807) is 47.4 Å². The zero-order valence-corrected chi connectivity index (χ0v) is 18.5. The highest BCUT2D eigenvalue weighted by molar-refractivity contribution is 7.09. The van der Waals surface area contributed by atoms with Crippen LogP contribution in [0, 0.1) is 6.92 Å². The molecule has 0 saturated heterocycles. The summed E-state index contributed by atoms with van der Waals surface area (Å²) in [5, 5.41) is 2.95. The number of fused-ring (bicyclic) bond motifs is 2. The van der Waals surface area contributed by atoms with Gasteiger partial charge in [-0.3, -0.25) is 19.3 Å². The smallest absolute Gasteiger partial charge is 0.267 e. The Hall–Kier alpha value is -3.52. The number of amides is 3. The Morgan fingerprint density at radius 2 is 1.69 bits per heavy atom. The highest BCUT2D eigenvalue weighted by Crippen LogP contribution is 2.38. The number of thiazole rings is 1. The van der Waals surface area contributed by atoms with E-state index in [-0.39, 0.29) is 24.3 Å². The molecule has 0 fully saturated rings. The van der Waals surface area contributed by atoms with Crippen molar-refractivity contribution in [2.45, 2.75) is 26.4 Å². The number of hydrogen-bond donors (Lipinski definition) is 0. The van der Waals surface area contributed by atoms with Gasteiger partial charge in [-0.1, -0.05) is 12.1 Å². The van der Waals surface area contributed by atoms with Crippen molar-refractivity contribution >= 4 is 34.7 Å². The SMILES string of the molecule is Cc1nc(-c2ccc3c(c2)N(CCCN2C(=O)c4ccccc4C2=O)C(=O)C(C)O3)cs1. The number of rotatable bonds is 5. The zero-order valence-electron chi connectivity index (χ0n) is 17.7. The number of ether oxygens (including phenoxy) is 1. The van der Waals surface area contributed by atoms with Crippen LogP contribution in [0.3, 0.4) is 0 Å². The van der Waals surface area contributed by atoms with Crippen LogP contribution >= 0.6 is 11.3 Å². The molecular weight excluding hydrogens is 426 g/mol. The maximum Gasteiger partial charge on any atom is 0.267 e. The van der Waals surface area contributed by atoms with Gasteiger partial charge in [-0.25, -0.2) is 4.98 Å². The van der Waals surface area contributed by atoms with Crippen molar-refractivity contribution in [3.63, 3.8) is 0 Å². The predicted molar refractivity (Wildman–Crippen MR) is 121 cm³/mol. The van der Waals surface area contributed by atoms with E-state index < -0.39 is 6.10 Å². The van der Waals surface area contributed by atoms with Gasteiger partial charge in [0.2, 0.25) is 0 Å². The van der Waals surface area contributed by atoms with Crippen LogP contribution < -0.4 is 9.64 Å². The van der Waals surface area contributed by atoms with Crippen molar-refractivity contribution in [2.24, 2.45) is 0 Å². The molecule has 2 aliphatic rings. The lowest BCUT2D eigenvalue weighted by molar-refractivity contribution is -0.125. The van der Waals surface area contributed by atoms with Crippen LogP contribution in [0.4, 0.5) is 5.69 Å². The first kappa shape index (κ1) is 20.4. The van der Waals surface area contributed by atoms with E-state index in [9.17, 15) is 14.4 Å². The average molecular weight is 448 g/mol. The Morgan fingerprint density at radius 1 is 1.00 bits per heavy atom. The fourth-order valence-corrected chi connectivity index (χ4v) is 4.74. The summed E-state index contributed by atoms with van der Waals surface area (Å²) in [5.74, 6) is -0.0808. The first-order valence-electron chi connectivity index (χ1n) is 10.4. The number of benzene rings is 2. The molecule has 0 bridgehead atoms. The summed E-state index contributed by atoms with van der Waals surface area (Å²) in [7, 11) is 0. The summed E-state index contributed by atoms with van der Waals surface area (Å²) in [4.78, 5) is 45.6. The van der Waals surface area contributed by atoms with Crippen LogP contribution in [0.5, 0.6) is 5.75 Å². The number of hydrogen-bond acceptors (Lipinski definition) is 6. The van der Waals surface area contributed by atoms with E-state index in [0.29, 0.717) is 35.5 Å². The standard InChI is InChI=1S/C24H21N3O4S/c1-14-22(28)26(10-5-11-27-23(29)17-6-3-4-7-18(17)24(27)30)20-12-16(8-9-21(20)31-14)19-13-32-15(2)25-19/h3-4,6-9,12-14H,5,10-11H2,1-2H3. The third kappa shape index (κ3) is 3.36. The van der Waals surface area contributed by atoms with Gasteiger partial charge in [0.05, 0.1) is 27.5 Å². The van der Waals surface area contributed by atoms with E-state index in [1.165, 1.54) is 4.90 Å². The Kier molecular flexibility index (Phi) is 5.01. The number of carbonyl (C=O) groups excluding carboxylic acids is 3. The Bertz CT molecular complexity index is 1220. The molecule has 0 saturated carbocycles. The summed E-state index contributed by atoms with van der Waals surface area (Å²) >= 11 is 1.57. The summed E-state index contributed by atoms with van der Waals surface area (Å²) < 4.78 is 5.80. The number of nitrogens with zero attached hydrogens (tertiary/aromatic N) is 3. The summed E-state index contributed by atoms with van der Waals surface area (Å²) in [6, 6.07) is 12.5. The molecule has 0 aliphatic carbocycles. The second-order valence-electron chi connectivity index (χ2n) is 7.85. The largest absolute Gasteiger partial charge is 0.479 e. The van der Waals surface area contributed by atoms with Gasteiger partial charge in [0.15, 0.2) is 6.10 Å². The fourth-order valence-electron chi connectivity index (χ4n) is 4.12. The van der Waals surface area contributed by atoms with E-state index >= 15 is 0 Å². The van der Waals surface area contributed by atoms with Crippen LogP contribution in [-0.4, -0.2) is 46.8 Å². The van der Waals surface area contributed by atoms with E-state index in [1.807, 2.05) is 30.5 Å². The molecule has 0 N–H and O–H groups in total. The molecule has 3 amide bonds. The van der Waals surface area contributed by atoms with Crippen molar-refractivity contribution in [2.75, 3.05) is 18.0 Å². The Morgan fingerprint density at radius 3 is 2.34 bits per heavy atom. The Balaban J connectivity index is 1.36. The van der Waals surface area contributed by atoms with Crippen molar-refractivity contribution < 1.29 is 19.1 Å². The molecule has 1 unspecified atom stereocenters. The van der Waals surface area contributed by atoms with Crippen molar-refractivity contribution in [3.05, 3.63) is 64.0 Å². The minimum Gasteiger partial charge on any atom is -0.479 e. The quantitative estimate of drug-likeness (QED) is 0.554. The van der Waals surface area contributed by atoms with Gasteiger partial charge in [-0.2, -0.15) is 0 Å². The zero-order chi connectivity index (χ0) is 22.4. The molecule has 0 radical (unpaired) electrons. The maximum atomic E-state index is 12.9. The molecule has 5 rings (SSSR count). The lowest BCUT2D eigenvalue weighted by Gasteiger charge is -2.33. The normalized spacial score (nSPS) is 17.4. The molecule has 7 nitrogen and oxygen atoms in total. The lowest BCUT2D eigenvalue weighted by Crippen LogP contribution is -2.45. The van der Waals surface area contributed by atoms with E-state index in [0.717, 1.165) is 16.3 Å². The highest BCUT2D eigenvalue weighted by Gasteiger charge is 2.36. The monoisotopic (exact) mass is 447 g/mol. The second-order valence-corrected chi connectivity index (χ2v) is 8.91. The van der Waals surface area contributed by atoms with Gasteiger partial charge >= 0.3 is 0 Å². The molecule has 1 atom stereocenters. The van der Waals surface area contributed by atoms with Crippen LogP contribution in [0.2, 0.25) is 0 Å². The molecule has 162 valence electrons. The van der Waals surface area contributed by atoms with Gasteiger partial charge in [0.25, 0.3) is 17.7 Å². The van der Waals surface area contributed by atoms with Crippen LogP contribution in [-0.2, 0) is 4.79 Å². The third-order valence-corrected chi connectivity index (χ3v) is 6.50. The number of anilines is 1. The van der Waals surface area contributed by atoms with Crippen LogP contribution in [0.15, 0.2) is 47.8 Å². The summed E-state index contributed by atoms with van der Waals surface area (Å²) in [5.41, 5.74) is 3.31. The van der Waals surface area contributed by atoms with Crippen LogP contribution in [0.25, 0.3) is 11.3 Å². The fraction of sp³-hybridized carbons (Fsp3) is 0.250. The first-order valence-corrected chi connectivity index (χ1v) is 11.3. The number of aryl methyl sites for hydroxylation is 1. The van der Waals surface area contributed by atoms with Crippen LogP contribution in [0.1, 0.15) is 39.1 Å². The molecule has 8 heteroatoms.